The van der Waals surface area contributed by atoms with Gasteiger partial charge in [-0.05, 0) is 69.1 Å². The Morgan fingerprint density at radius 1 is 1.00 bits per heavy atom. The number of carbonyl (C=O) groups excluding carboxylic acids is 3. The van der Waals surface area contributed by atoms with Crippen molar-refractivity contribution in [3.8, 4) is 0 Å². The van der Waals surface area contributed by atoms with Crippen molar-refractivity contribution >= 4 is 17.8 Å². The fourth-order valence-electron chi connectivity index (χ4n) is 5.43. The first-order valence-electron chi connectivity index (χ1n) is 10.0. The van der Waals surface area contributed by atoms with E-state index in [1.165, 1.54) is 19.3 Å². The lowest BCUT2D eigenvalue weighted by Crippen LogP contribution is -2.56. The number of hydrogen-bond acceptors (Lipinski definition) is 4. The molecule has 0 aliphatic heterocycles. The van der Waals surface area contributed by atoms with Gasteiger partial charge in [-0.15, -0.1) is 0 Å². The second-order valence-corrected chi connectivity index (χ2v) is 9.20. The van der Waals surface area contributed by atoms with E-state index in [0.29, 0.717) is 30.2 Å². The summed E-state index contributed by atoms with van der Waals surface area (Å²) in [5.74, 6) is 1.52. The highest BCUT2D eigenvalue weighted by atomic mass is 16.5. The molecular weight excluding hydrogens is 332 g/mol. The maximum Gasteiger partial charge on any atom is 0.328 e. The Bertz CT molecular complexity index is 537. The van der Waals surface area contributed by atoms with Crippen LogP contribution in [0, 0.1) is 29.1 Å². The Balaban J connectivity index is 1.47. The van der Waals surface area contributed by atoms with E-state index >= 15 is 0 Å². The van der Waals surface area contributed by atoms with Crippen LogP contribution in [0.3, 0.4) is 0 Å². The molecule has 0 radical (unpaired) electrons. The molecule has 4 saturated carbocycles. The fraction of sp³-hybridized carbons (Fsp3) is 0.850. The molecule has 1 atom stereocenters. The first-order valence-corrected chi connectivity index (χ1v) is 10.0. The Morgan fingerprint density at radius 3 is 2.04 bits per heavy atom. The summed E-state index contributed by atoms with van der Waals surface area (Å²) < 4.78 is 5.05. The normalized spacial score (nSPS) is 33.0. The van der Waals surface area contributed by atoms with Crippen LogP contribution in [0.25, 0.3) is 0 Å². The Labute approximate surface area is 155 Å². The Kier molecular flexibility index (Phi) is 5.58. The lowest BCUT2D eigenvalue weighted by atomic mass is 9.49. The van der Waals surface area contributed by atoms with Crippen molar-refractivity contribution in [3.05, 3.63) is 0 Å². The topological polar surface area (TPSA) is 84.5 Å². The molecule has 0 spiro atoms. The number of hydrogen-bond donors (Lipinski definition) is 2. The number of amides is 2. The summed E-state index contributed by atoms with van der Waals surface area (Å²) in [7, 11) is 0. The van der Waals surface area contributed by atoms with Crippen LogP contribution in [0.15, 0.2) is 0 Å². The molecule has 0 aromatic rings. The molecule has 2 N–H and O–H groups in total. The predicted octanol–water partition coefficient (Wildman–Crippen LogP) is 2.02. The third-order valence-electron chi connectivity index (χ3n) is 6.27. The second-order valence-electron chi connectivity index (χ2n) is 9.20. The molecule has 4 aliphatic rings. The molecule has 4 aliphatic carbocycles. The van der Waals surface area contributed by atoms with Crippen molar-refractivity contribution < 1.29 is 19.1 Å². The molecule has 4 rings (SSSR count). The highest BCUT2D eigenvalue weighted by Crippen LogP contribution is 2.60. The van der Waals surface area contributed by atoms with E-state index in [0.717, 1.165) is 19.3 Å². The summed E-state index contributed by atoms with van der Waals surface area (Å²) in [6.07, 6.45) is 6.71. The number of carbonyl (C=O) groups is 3. The van der Waals surface area contributed by atoms with Crippen LogP contribution in [0.1, 0.15) is 59.3 Å². The van der Waals surface area contributed by atoms with Crippen molar-refractivity contribution in [1.29, 1.82) is 0 Å². The van der Waals surface area contributed by atoms with Gasteiger partial charge < -0.3 is 15.4 Å². The van der Waals surface area contributed by atoms with E-state index in [4.69, 9.17) is 4.74 Å². The van der Waals surface area contributed by atoms with Gasteiger partial charge in [-0.25, -0.2) is 4.79 Å². The largest absolute Gasteiger partial charge is 0.454 e. The summed E-state index contributed by atoms with van der Waals surface area (Å²) in [5, 5.41) is 5.57. The SMILES string of the molecule is CC(C)CNC(=O)COC(=O)[C@H](C)NC(=O)C12CC3CC(CC(C3)C1)C2. The molecule has 0 aromatic heterocycles. The van der Waals surface area contributed by atoms with Gasteiger partial charge in [-0.3, -0.25) is 9.59 Å². The smallest absolute Gasteiger partial charge is 0.328 e. The lowest BCUT2D eigenvalue weighted by molar-refractivity contribution is -0.155. The molecule has 0 saturated heterocycles. The standard InChI is InChI=1S/C20H32N2O4/c1-12(2)10-21-17(23)11-26-18(24)13(3)22-19(25)20-7-14-4-15(8-20)6-16(5-14)9-20/h12-16H,4-11H2,1-3H3,(H,21,23)(H,22,25)/t13-,14?,15?,16?,20?/m0/s1. The number of esters is 1. The zero-order valence-corrected chi connectivity index (χ0v) is 16.2. The van der Waals surface area contributed by atoms with Crippen LogP contribution >= 0.6 is 0 Å². The maximum absolute atomic E-state index is 12.9. The van der Waals surface area contributed by atoms with Crippen molar-refractivity contribution in [2.24, 2.45) is 29.1 Å². The number of ether oxygens (including phenoxy) is 1. The maximum atomic E-state index is 12.9. The quantitative estimate of drug-likeness (QED) is 0.677. The van der Waals surface area contributed by atoms with Crippen molar-refractivity contribution in [2.75, 3.05) is 13.2 Å². The van der Waals surface area contributed by atoms with E-state index in [-0.39, 0.29) is 23.8 Å². The van der Waals surface area contributed by atoms with Gasteiger partial charge in [0.15, 0.2) is 6.61 Å². The van der Waals surface area contributed by atoms with E-state index in [9.17, 15) is 14.4 Å². The molecule has 6 nitrogen and oxygen atoms in total. The first-order chi connectivity index (χ1) is 12.3. The van der Waals surface area contributed by atoms with E-state index in [2.05, 4.69) is 10.6 Å². The van der Waals surface area contributed by atoms with Crippen LogP contribution in [-0.4, -0.2) is 37.0 Å². The Morgan fingerprint density at radius 2 is 1.54 bits per heavy atom. The van der Waals surface area contributed by atoms with Crippen LogP contribution in [0.5, 0.6) is 0 Å². The summed E-state index contributed by atoms with van der Waals surface area (Å²) in [4.78, 5) is 36.7. The molecule has 6 heteroatoms. The van der Waals surface area contributed by atoms with Crippen molar-refractivity contribution in [2.45, 2.75) is 65.3 Å². The van der Waals surface area contributed by atoms with Crippen molar-refractivity contribution in [1.82, 2.24) is 10.6 Å². The summed E-state index contributed by atoms with van der Waals surface area (Å²) >= 11 is 0. The van der Waals surface area contributed by atoms with Gasteiger partial charge in [0.2, 0.25) is 5.91 Å². The molecular formula is C20H32N2O4. The molecule has 146 valence electrons. The third-order valence-corrected chi connectivity index (χ3v) is 6.27. The minimum absolute atomic E-state index is 0.00492. The van der Waals surface area contributed by atoms with E-state index in [1.54, 1.807) is 6.92 Å². The van der Waals surface area contributed by atoms with Gasteiger partial charge >= 0.3 is 5.97 Å². The fourth-order valence-corrected chi connectivity index (χ4v) is 5.43. The van der Waals surface area contributed by atoms with Crippen molar-refractivity contribution in [3.63, 3.8) is 0 Å². The monoisotopic (exact) mass is 364 g/mol. The average Bonchev–Trinajstić information content (AvgIpc) is 2.56. The second kappa shape index (κ2) is 7.57. The van der Waals surface area contributed by atoms with Crippen LogP contribution in [0.2, 0.25) is 0 Å². The lowest BCUT2D eigenvalue weighted by Gasteiger charge is -2.55. The average molecular weight is 364 g/mol. The van der Waals surface area contributed by atoms with Gasteiger partial charge in [0, 0.05) is 12.0 Å². The molecule has 4 fully saturated rings. The van der Waals surface area contributed by atoms with Gasteiger partial charge in [0.25, 0.3) is 5.91 Å². The number of rotatable bonds is 7. The van der Waals surface area contributed by atoms with Crippen LogP contribution < -0.4 is 10.6 Å². The molecule has 2 amide bonds. The molecule has 26 heavy (non-hydrogen) atoms. The minimum Gasteiger partial charge on any atom is -0.454 e. The molecule has 4 bridgehead atoms. The number of nitrogens with one attached hydrogen (secondary N) is 2. The zero-order valence-electron chi connectivity index (χ0n) is 16.2. The highest BCUT2D eigenvalue weighted by molar-refractivity contribution is 5.89. The van der Waals surface area contributed by atoms with Gasteiger partial charge in [0.1, 0.15) is 6.04 Å². The van der Waals surface area contributed by atoms with E-state index in [1.807, 2.05) is 13.8 Å². The molecule has 0 heterocycles. The first kappa shape index (κ1) is 19.2. The predicted molar refractivity (Wildman–Crippen MR) is 97.0 cm³/mol. The summed E-state index contributed by atoms with van der Waals surface area (Å²) in [6.45, 7) is 5.87. The van der Waals surface area contributed by atoms with Crippen LogP contribution in [0.4, 0.5) is 0 Å². The molecule has 0 aromatic carbocycles. The van der Waals surface area contributed by atoms with Gasteiger partial charge in [0.05, 0.1) is 0 Å². The van der Waals surface area contributed by atoms with E-state index < -0.39 is 12.0 Å². The Hall–Kier alpha value is -1.59. The van der Waals surface area contributed by atoms with Gasteiger partial charge in [-0.2, -0.15) is 0 Å². The summed E-state index contributed by atoms with van der Waals surface area (Å²) in [5.41, 5.74) is -0.280. The zero-order chi connectivity index (χ0) is 18.9. The third kappa shape index (κ3) is 4.21. The molecule has 0 unspecified atom stereocenters. The van der Waals surface area contributed by atoms with Crippen LogP contribution in [-0.2, 0) is 19.1 Å². The highest BCUT2D eigenvalue weighted by Gasteiger charge is 2.54. The van der Waals surface area contributed by atoms with Gasteiger partial charge in [-0.1, -0.05) is 13.8 Å². The summed E-state index contributed by atoms with van der Waals surface area (Å²) in [6, 6.07) is -0.728. The minimum atomic E-state index is -0.728.